The molecule has 0 saturated heterocycles. The Balaban J connectivity index is 1.99. The van der Waals surface area contributed by atoms with E-state index in [0.29, 0.717) is 0 Å². The number of nitrogens with one attached hydrogen (secondary N) is 1. The first-order valence-corrected chi connectivity index (χ1v) is 8.02. The van der Waals surface area contributed by atoms with Gasteiger partial charge < -0.3 is 5.32 Å². The molecule has 1 amide bonds. The summed E-state index contributed by atoms with van der Waals surface area (Å²) in [5.41, 5.74) is 1.93. The fourth-order valence-corrected chi connectivity index (χ4v) is 2.86. The van der Waals surface area contributed by atoms with E-state index >= 15 is 0 Å². The first-order chi connectivity index (χ1) is 9.56. The van der Waals surface area contributed by atoms with Crippen LogP contribution in [-0.2, 0) is 4.79 Å². The van der Waals surface area contributed by atoms with Crippen molar-refractivity contribution in [1.82, 2.24) is 0 Å². The van der Waals surface area contributed by atoms with E-state index in [1.165, 1.54) is 0 Å². The van der Waals surface area contributed by atoms with Crippen molar-refractivity contribution in [2.75, 3.05) is 5.32 Å². The minimum atomic E-state index is -0.138. The largest absolute Gasteiger partial charge is 0.325 e. The Morgan fingerprint density at radius 1 is 1.20 bits per heavy atom. The molecule has 0 unspecified atom stereocenters. The molecule has 0 bridgehead atoms. The molecule has 1 N–H and O–H groups in total. The van der Waals surface area contributed by atoms with Crippen molar-refractivity contribution in [3.8, 4) is 0 Å². The minimum absolute atomic E-state index is 0.0144. The van der Waals surface area contributed by atoms with E-state index in [1.54, 1.807) is 11.8 Å². The number of anilines is 1. The quantitative estimate of drug-likeness (QED) is 0.797. The molecule has 20 heavy (non-hydrogen) atoms. The van der Waals surface area contributed by atoms with Crippen LogP contribution in [0.1, 0.15) is 12.5 Å². The maximum absolute atomic E-state index is 12.2. The maximum Gasteiger partial charge on any atom is 0.237 e. The van der Waals surface area contributed by atoms with Crippen molar-refractivity contribution in [2.45, 2.75) is 24.0 Å². The number of amides is 1. The average Bonchev–Trinajstić information content (AvgIpc) is 2.44. The summed E-state index contributed by atoms with van der Waals surface area (Å²) in [4.78, 5) is 13.3. The van der Waals surface area contributed by atoms with E-state index < -0.39 is 0 Å². The van der Waals surface area contributed by atoms with E-state index in [0.717, 1.165) is 20.6 Å². The first-order valence-electron chi connectivity index (χ1n) is 6.35. The third-order valence-corrected chi connectivity index (χ3v) is 4.85. The average molecular weight is 350 g/mol. The second kappa shape index (κ2) is 6.95. The second-order valence-corrected chi connectivity index (χ2v) is 6.79. The summed E-state index contributed by atoms with van der Waals surface area (Å²) in [5, 5.41) is 2.81. The van der Waals surface area contributed by atoms with E-state index in [9.17, 15) is 4.79 Å². The lowest BCUT2D eigenvalue weighted by Crippen LogP contribution is -2.22. The summed E-state index contributed by atoms with van der Waals surface area (Å²) in [5.74, 6) is 0.0144. The zero-order valence-corrected chi connectivity index (χ0v) is 13.8. The predicted molar refractivity (Wildman–Crippen MR) is 89.3 cm³/mol. The summed E-state index contributed by atoms with van der Waals surface area (Å²) < 4.78 is 1.04. The summed E-state index contributed by atoms with van der Waals surface area (Å²) in [6.45, 7) is 3.92. The molecule has 2 aromatic carbocycles. The number of hydrogen-bond donors (Lipinski definition) is 1. The van der Waals surface area contributed by atoms with Gasteiger partial charge in [-0.2, -0.15) is 0 Å². The van der Waals surface area contributed by atoms with Crippen LogP contribution in [0.4, 0.5) is 5.69 Å². The monoisotopic (exact) mass is 349 g/mol. The zero-order chi connectivity index (χ0) is 14.5. The highest BCUT2D eigenvalue weighted by atomic mass is 79.9. The van der Waals surface area contributed by atoms with Crippen molar-refractivity contribution < 1.29 is 4.79 Å². The molecule has 0 radical (unpaired) electrons. The number of carbonyl (C=O) groups is 1. The van der Waals surface area contributed by atoms with Gasteiger partial charge in [-0.25, -0.2) is 0 Å². The Bertz CT molecular complexity index is 601. The van der Waals surface area contributed by atoms with Crippen molar-refractivity contribution >= 4 is 39.3 Å². The van der Waals surface area contributed by atoms with Crippen molar-refractivity contribution in [3.63, 3.8) is 0 Å². The fourth-order valence-electron chi connectivity index (χ4n) is 1.72. The molecule has 0 saturated carbocycles. The van der Waals surface area contributed by atoms with Crippen LogP contribution in [0.25, 0.3) is 0 Å². The molecule has 0 aliphatic heterocycles. The van der Waals surface area contributed by atoms with Gasteiger partial charge in [-0.05, 0) is 49.7 Å². The molecule has 0 heterocycles. The van der Waals surface area contributed by atoms with Gasteiger partial charge in [0.25, 0.3) is 0 Å². The number of aryl methyl sites for hydroxylation is 1. The van der Waals surface area contributed by atoms with Crippen molar-refractivity contribution in [2.24, 2.45) is 0 Å². The van der Waals surface area contributed by atoms with Gasteiger partial charge in [-0.15, -0.1) is 11.8 Å². The molecule has 0 fully saturated rings. The summed E-state index contributed by atoms with van der Waals surface area (Å²) >= 11 is 5.01. The number of hydrogen-bond acceptors (Lipinski definition) is 2. The number of rotatable bonds is 4. The second-order valence-electron chi connectivity index (χ2n) is 4.53. The summed E-state index contributed by atoms with van der Waals surface area (Å²) in [6, 6.07) is 15.8. The van der Waals surface area contributed by atoms with E-state index in [1.807, 2.05) is 62.4 Å². The third-order valence-electron chi connectivity index (χ3n) is 2.85. The van der Waals surface area contributed by atoms with Crippen LogP contribution >= 0.6 is 27.7 Å². The van der Waals surface area contributed by atoms with Gasteiger partial charge in [0.2, 0.25) is 5.91 Å². The Kier molecular flexibility index (Phi) is 5.26. The Hall–Kier alpha value is -1.26. The highest BCUT2D eigenvalue weighted by Crippen LogP contribution is 2.25. The smallest absolute Gasteiger partial charge is 0.237 e. The Morgan fingerprint density at radius 2 is 1.90 bits per heavy atom. The molecule has 4 heteroatoms. The molecular formula is C16H16BrNOS. The van der Waals surface area contributed by atoms with Gasteiger partial charge in [0.1, 0.15) is 0 Å². The number of halogens is 1. The van der Waals surface area contributed by atoms with Crippen LogP contribution in [0.3, 0.4) is 0 Å². The van der Waals surface area contributed by atoms with Crippen LogP contribution in [0.15, 0.2) is 57.9 Å². The molecule has 0 spiro atoms. The number of carbonyl (C=O) groups excluding carboxylic acids is 1. The van der Waals surface area contributed by atoms with Gasteiger partial charge in [0.15, 0.2) is 0 Å². The molecule has 2 nitrogen and oxygen atoms in total. The summed E-state index contributed by atoms with van der Waals surface area (Å²) in [7, 11) is 0. The standard InChI is InChI=1S/C16H16BrNOS/c1-11-10-13(8-9-15(11)17)18-16(19)12(2)20-14-6-4-3-5-7-14/h3-10,12H,1-2H3,(H,18,19)/t12-/m1/s1. The lowest BCUT2D eigenvalue weighted by Gasteiger charge is -2.12. The van der Waals surface area contributed by atoms with Crippen LogP contribution in [-0.4, -0.2) is 11.2 Å². The Labute approximate surface area is 132 Å². The molecule has 1 atom stereocenters. The normalized spacial score (nSPS) is 11.9. The maximum atomic E-state index is 12.2. The van der Waals surface area contributed by atoms with Crippen molar-refractivity contribution in [3.05, 3.63) is 58.6 Å². The SMILES string of the molecule is Cc1cc(NC(=O)[C@@H](C)Sc2ccccc2)ccc1Br. The van der Waals surface area contributed by atoms with E-state index in [4.69, 9.17) is 0 Å². The fraction of sp³-hybridized carbons (Fsp3) is 0.188. The minimum Gasteiger partial charge on any atom is -0.325 e. The van der Waals surface area contributed by atoms with Crippen LogP contribution in [0.2, 0.25) is 0 Å². The highest BCUT2D eigenvalue weighted by molar-refractivity contribution is 9.10. The predicted octanol–water partition coefficient (Wildman–Crippen LogP) is 4.88. The molecule has 2 aromatic rings. The van der Waals surface area contributed by atoms with Crippen LogP contribution < -0.4 is 5.32 Å². The lowest BCUT2D eigenvalue weighted by atomic mass is 10.2. The molecular weight excluding hydrogens is 334 g/mol. The highest BCUT2D eigenvalue weighted by Gasteiger charge is 2.14. The third kappa shape index (κ3) is 4.12. The molecule has 0 aromatic heterocycles. The lowest BCUT2D eigenvalue weighted by molar-refractivity contribution is -0.115. The van der Waals surface area contributed by atoms with Gasteiger partial charge >= 0.3 is 0 Å². The van der Waals surface area contributed by atoms with Gasteiger partial charge in [0.05, 0.1) is 5.25 Å². The van der Waals surface area contributed by atoms with Crippen LogP contribution in [0, 0.1) is 6.92 Å². The molecule has 0 aliphatic rings. The Morgan fingerprint density at radius 3 is 2.55 bits per heavy atom. The molecule has 2 rings (SSSR count). The van der Waals surface area contributed by atoms with Gasteiger partial charge in [0, 0.05) is 15.1 Å². The first kappa shape index (κ1) is 15.1. The zero-order valence-electron chi connectivity index (χ0n) is 11.4. The number of benzene rings is 2. The van der Waals surface area contributed by atoms with E-state index in [2.05, 4.69) is 21.2 Å². The number of thioether (sulfide) groups is 1. The summed E-state index contributed by atoms with van der Waals surface area (Å²) in [6.07, 6.45) is 0. The molecule has 104 valence electrons. The van der Waals surface area contributed by atoms with Crippen LogP contribution in [0.5, 0.6) is 0 Å². The van der Waals surface area contributed by atoms with Gasteiger partial charge in [-0.3, -0.25) is 4.79 Å². The van der Waals surface area contributed by atoms with Crippen molar-refractivity contribution in [1.29, 1.82) is 0 Å². The van der Waals surface area contributed by atoms with Gasteiger partial charge in [-0.1, -0.05) is 34.1 Å². The van der Waals surface area contributed by atoms with E-state index in [-0.39, 0.29) is 11.2 Å². The topological polar surface area (TPSA) is 29.1 Å². The molecule has 0 aliphatic carbocycles.